The van der Waals surface area contributed by atoms with E-state index in [2.05, 4.69) is 5.32 Å². The van der Waals surface area contributed by atoms with Crippen molar-refractivity contribution in [3.8, 4) is 0 Å². The molecule has 4 nitrogen and oxygen atoms in total. The number of aryl methyl sites for hydroxylation is 1. The van der Waals surface area contributed by atoms with Gasteiger partial charge < -0.3 is 10.2 Å². The average Bonchev–Trinajstić information content (AvgIpc) is 2.82. The molecule has 1 N–H and O–H groups in total. The van der Waals surface area contributed by atoms with Crippen molar-refractivity contribution in [1.29, 1.82) is 0 Å². The predicted octanol–water partition coefficient (Wildman–Crippen LogP) is 2.26. The Hall–Kier alpha value is -1.84. The molecule has 0 saturated carbocycles. The van der Waals surface area contributed by atoms with Crippen molar-refractivity contribution in [2.75, 3.05) is 6.54 Å². The van der Waals surface area contributed by atoms with Crippen LogP contribution in [0.5, 0.6) is 0 Å². The molecule has 1 saturated heterocycles. The Labute approximate surface area is 126 Å². The van der Waals surface area contributed by atoms with Gasteiger partial charge in [0, 0.05) is 25.6 Å². The molecule has 0 radical (unpaired) electrons. The van der Waals surface area contributed by atoms with Crippen LogP contribution in [0.4, 0.5) is 0 Å². The van der Waals surface area contributed by atoms with Crippen LogP contribution in [-0.4, -0.2) is 29.3 Å². The summed E-state index contributed by atoms with van der Waals surface area (Å²) >= 11 is 0. The number of nitrogens with one attached hydrogen (secondary N) is 1. The van der Waals surface area contributed by atoms with Crippen molar-refractivity contribution in [3.05, 3.63) is 35.4 Å². The first-order valence-corrected chi connectivity index (χ1v) is 7.63. The van der Waals surface area contributed by atoms with Gasteiger partial charge in [-0.1, -0.05) is 36.8 Å². The Kier molecular flexibility index (Phi) is 4.99. The van der Waals surface area contributed by atoms with Crippen molar-refractivity contribution < 1.29 is 9.59 Å². The maximum absolute atomic E-state index is 12.1. The first kappa shape index (κ1) is 15.5. The second-order valence-electron chi connectivity index (χ2n) is 5.98. The van der Waals surface area contributed by atoms with Crippen LogP contribution in [0.2, 0.25) is 0 Å². The fourth-order valence-corrected chi connectivity index (χ4v) is 2.48. The molecule has 1 aliphatic heterocycles. The van der Waals surface area contributed by atoms with Crippen LogP contribution in [-0.2, 0) is 16.1 Å². The highest BCUT2D eigenvalue weighted by Gasteiger charge is 2.34. The summed E-state index contributed by atoms with van der Waals surface area (Å²) in [4.78, 5) is 26.0. The zero-order chi connectivity index (χ0) is 15.4. The number of carbonyl (C=O) groups is 2. The SMILES string of the molecule is CC[C@@H](C)NC(=O)[C@H]1CC(=O)N(Cc2ccc(C)cc2)C1. The Morgan fingerprint density at radius 3 is 2.67 bits per heavy atom. The van der Waals surface area contributed by atoms with Crippen LogP contribution >= 0.6 is 0 Å². The Morgan fingerprint density at radius 2 is 2.05 bits per heavy atom. The summed E-state index contributed by atoms with van der Waals surface area (Å²) in [5.41, 5.74) is 2.31. The molecule has 114 valence electrons. The minimum atomic E-state index is -0.211. The fourth-order valence-electron chi connectivity index (χ4n) is 2.48. The van der Waals surface area contributed by atoms with Crippen molar-refractivity contribution in [2.24, 2.45) is 5.92 Å². The Morgan fingerprint density at radius 1 is 1.38 bits per heavy atom. The normalized spacial score (nSPS) is 19.7. The molecule has 0 spiro atoms. The Bertz CT molecular complexity index is 510. The molecule has 21 heavy (non-hydrogen) atoms. The highest BCUT2D eigenvalue weighted by Crippen LogP contribution is 2.20. The molecular formula is C17H24N2O2. The second-order valence-corrected chi connectivity index (χ2v) is 5.98. The van der Waals surface area contributed by atoms with Gasteiger partial charge in [-0.3, -0.25) is 9.59 Å². The van der Waals surface area contributed by atoms with Gasteiger partial charge in [-0.15, -0.1) is 0 Å². The minimum absolute atomic E-state index is 0.00380. The van der Waals surface area contributed by atoms with Crippen LogP contribution in [0.15, 0.2) is 24.3 Å². The van der Waals surface area contributed by atoms with Crippen LogP contribution in [0, 0.1) is 12.8 Å². The standard InChI is InChI=1S/C17H24N2O2/c1-4-13(3)18-17(21)15-9-16(20)19(11-15)10-14-7-5-12(2)6-8-14/h5-8,13,15H,4,9-11H2,1-3H3,(H,18,21)/t13-,15+/m1/s1. The number of likely N-dealkylation sites (tertiary alicyclic amines) is 1. The third-order valence-electron chi connectivity index (χ3n) is 4.08. The molecule has 2 atom stereocenters. The number of hydrogen-bond donors (Lipinski definition) is 1. The van der Waals surface area contributed by atoms with Gasteiger partial charge >= 0.3 is 0 Å². The molecule has 2 amide bonds. The number of nitrogens with zero attached hydrogens (tertiary/aromatic N) is 1. The van der Waals surface area contributed by atoms with Crippen LogP contribution in [0.25, 0.3) is 0 Å². The lowest BCUT2D eigenvalue weighted by molar-refractivity contribution is -0.129. The zero-order valence-electron chi connectivity index (χ0n) is 13.1. The van der Waals surface area contributed by atoms with E-state index in [0.29, 0.717) is 19.5 Å². The maximum Gasteiger partial charge on any atom is 0.225 e. The van der Waals surface area contributed by atoms with E-state index in [1.54, 1.807) is 4.90 Å². The van der Waals surface area contributed by atoms with Gasteiger partial charge in [0.25, 0.3) is 0 Å². The van der Waals surface area contributed by atoms with Crippen molar-refractivity contribution in [3.63, 3.8) is 0 Å². The molecule has 1 aromatic rings. The summed E-state index contributed by atoms with van der Waals surface area (Å²) in [5, 5.41) is 2.97. The van der Waals surface area contributed by atoms with Crippen molar-refractivity contribution >= 4 is 11.8 Å². The molecule has 1 fully saturated rings. The average molecular weight is 288 g/mol. The van der Waals surface area contributed by atoms with E-state index in [1.165, 1.54) is 5.56 Å². The van der Waals surface area contributed by atoms with Crippen LogP contribution < -0.4 is 5.32 Å². The summed E-state index contributed by atoms with van der Waals surface area (Å²) < 4.78 is 0. The largest absolute Gasteiger partial charge is 0.353 e. The van der Waals surface area contributed by atoms with E-state index >= 15 is 0 Å². The van der Waals surface area contributed by atoms with Crippen molar-refractivity contribution in [1.82, 2.24) is 10.2 Å². The third kappa shape index (κ3) is 4.06. The van der Waals surface area contributed by atoms with Crippen LogP contribution in [0.1, 0.15) is 37.8 Å². The molecule has 1 heterocycles. The predicted molar refractivity (Wildman–Crippen MR) is 82.6 cm³/mol. The maximum atomic E-state index is 12.1. The molecule has 2 rings (SSSR count). The summed E-state index contributed by atoms with van der Waals surface area (Å²) in [6.45, 7) is 7.18. The van der Waals surface area contributed by atoms with E-state index in [1.807, 2.05) is 45.0 Å². The molecule has 0 bridgehead atoms. The number of rotatable bonds is 5. The van der Waals surface area contributed by atoms with Crippen molar-refractivity contribution in [2.45, 2.75) is 46.2 Å². The van der Waals surface area contributed by atoms with Gasteiger partial charge in [-0.05, 0) is 25.8 Å². The molecule has 0 aromatic heterocycles. The fraction of sp³-hybridized carbons (Fsp3) is 0.529. The smallest absolute Gasteiger partial charge is 0.225 e. The second kappa shape index (κ2) is 6.74. The van der Waals surface area contributed by atoms with E-state index in [9.17, 15) is 9.59 Å². The molecule has 0 unspecified atom stereocenters. The van der Waals surface area contributed by atoms with Crippen LogP contribution in [0.3, 0.4) is 0 Å². The molecule has 1 aromatic carbocycles. The Balaban J connectivity index is 1.93. The van der Waals surface area contributed by atoms with Gasteiger partial charge in [0.2, 0.25) is 11.8 Å². The summed E-state index contributed by atoms with van der Waals surface area (Å²) in [6, 6.07) is 8.33. The third-order valence-corrected chi connectivity index (χ3v) is 4.08. The first-order valence-electron chi connectivity index (χ1n) is 7.63. The molecule has 1 aliphatic rings. The number of benzene rings is 1. The zero-order valence-corrected chi connectivity index (χ0v) is 13.1. The highest BCUT2D eigenvalue weighted by atomic mass is 16.2. The number of hydrogen-bond acceptors (Lipinski definition) is 2. The lowest BCUT2D eigenvalue weighted by atomic mass is 10.1. The molecule has 0 aliphatic carbocycles. The minimum Gasteiger partial charge on any atom is -0.353 e. The van der Waals surface area contributed by atoms with Gasteiger partial charge in [0.05, 0.1) is 5.92 Å². The lowest BCUT2D eigenvalue weighted by Gasteiger charge is -2.18. The monoisotopic (exact) mass is 288 g/mol. The quantitative estimate of drug-likeness (QED) is 0.903. The molecular weight excluding hydrogens is 264 g/mol. The summed E-state index contributed by atoms with van der Waals surface area (Å²) in [5.74, 6) is -0.138. The van der Waals surface area contributed by atoms with E-state index in [-0.39, 0.29) is 23.8 Å². The molecule has 4 heteroatoms. The van der Waals surface area contributed by atoms with Gasteiger partial charge in [-0.2, -0.15) is 0 Å². The number of carbonyl (C=O) groups excluding carboxylic acids is 2. The lowest BCUT2D eigenvalue weighted by Crippen LogP contribution is -2.38. The summed E-state index contributed by atoms with van der Waals surface area (Å²) in [6.07, 6.45) is 1.23. The summed E-state index contributed by atoms with van der Waals surface area (Å²) in [7, 11) is 0. The first-order chi connectivity index (χ1) is 9.99. The highest BCUT2D eigenvalue weighted by molar-refractivity contribution is 5.89. The van der Waals surface area contributed by atoms with Gasteiger partial charge in [0.1, 0.15) is 0 Å². The van der Waals surface area contributed by atoms with E-state index in [0.717, 1.165) is 12.0 Å². The van der Waals surface area contributed by atoms with E-state index < -0.39 is 0 Å². The van der Waals surface area contributed by atoms with Gasteiger partial charge in [-0.25, -0.2) is 0 Å². The topological polar surface area (TPSA) is 49.4 Å². The van der Waals surface area contributed by atoms with E-state index in [4.69, 9.17) is 0 Å². The number of amides is 2. The van der Waals surface area contributed by atoms with Gasteiger partial charge in [0.15, 0.2) is 0 Å².